The maximum atomic E-state index is 13.2. The fourth-order valence-corrected chi connectivity index (χ4v) is 2.19. The van der Waals surface area contributed by atoms with Gasteiger partial charge in [-0.15, -0.1) is 0 Å². The first-order chi connectivity index (χ1) is 12.0. The van der Waals surface area contributed by atoms with Crippen molar-refractivity contribution in [1.82, 2.24) is 10.6 Å². The number of allylic oxidation sites excluding steroid dienone is 1. The number of benzene rings is 2. The summed E-state index contributed by atoms with van der Waals surface area (Å²) < 4.78 is 13.2. The number of rotatable bonds is 6. The number of hydrogen-bond donors (Lipinski definition) is 3. The zero-order valence-electron chi connectivity index (χ0n) is 13.8. The maximum absolute atomic E-state index is 13.2. The molecule has 5 nitrogen and oxygen atoms in total. The summed E-state index contributed by atoms with van der Waals surface area (Å²) in [7, 11) is 0. The molecule has 2 aromatic carbocycles. The minimum Gasteiger partial charge on any atom is -0.507 e. The molecule has 0 heterocycles. The van der Waals surface area contributed by atoms with E-state index in [1.807, 2.05) is 0 Å². The number of hydrogen-bond acceptors (Lipinski definition) is 3. The number of phenols is 1. The van der Waals surface area contributed by atoms with Gasteiger partial charge in [0.25, 0.3) is 5.91 Å². The van der Waals surface area contributed by atoms with Gasteiger partial charge < -0.3 is 15.7 Å². The van der Waals surface area contributed by atoms with Gasteiger partial charge in [0.05, 0.1) is 5.56 Å². The molecule has 2 rings (SSSR count). The minimum atomic E-state index is -0.418. The van der Waals surface area contributed by atoms with Crippen LogP contribution < -0.4 is 10.6 Å². The molecule has 0 saturated heterocycles. The van der Waals surface area contributed by atoms with Crippen LogP contribution in [0.2, 0.25) is 0 Å². The average Bonchev–Trinajstić information content (AvgIpc) is 2.59. The number of carbonyl (C=O) groups excluding carboxylic acids is 2. The first-order valence-corrected chi connectivity index (χ1v) is 7.75. The van der Waals surface area contributed by atoms with Gasteiger partial charge >= 0.3 is 0 Å². The van der Waals surface area contributed by atoms with E-state index >= 15 is 0 Å². The lowest BCUT2D eigenvalue weighted by Crippen LogP contribution is -2.34. The molecule has 0 aromatic heterocycles. The van der Waals surface area contributed by atoms with Crippen molar-refractivity contribution >= 4 is 17.4 Å². The monoisotopic (exact) mass is 342 g/mol. The Hall–Kier alpha value is -3.15. The molecule has 0 aliphatic heterocycles. The third-order valence-corrected chi connectivity index (χ3v) is 3.49. The quantitative estimate of drug-likeness (QED) is 0.557. The molecule has 2 aromatic rings. The van der Waals surface area contributed by atoms with Crippen LogP contribution in [-0.2, 0) is 4.79 Å². The Kier molecular flexibility index (Phi) is 6.28. The molecule has 6 heteroatoms. The van der Waals surface area contributed by atoms with Crippen molar-refractivity contribution in [2.24, 2.45) is 0 Å². The molecule has 3 N–H and O–H groups in total. The molecule has 0 aliphatic carbocycles. The standard InChI is InChI=1S/C19H19FN2O3/c1-13(14-5-4-6-15(20)12-14)11-18(24)21-9-10-22-19(25)16-7-2-3-8-17(16)23/h2-8,11-12,23H,9-10H2,1H3,(H,21,24)(H,22,25). The van der Waals surface area contributed by atoms with Crippen molar-refractivity contribution in [2.45, 2.75) is 6.92 Å². The highest BCUT2D eigenvalue weighted by molar-refractivity contribution is 5.97. The smallest absolute Gasteiger partial charge is 0.255 e. The highest BCUT2D eigenvalue weighted by Crippen LogP contribution is 2.15. The summed E-state index contributed by atoms with van der Waals surface area (Å²) in [6.45, 7) is 2.16. The molecule has 0 saturated carbocycles. The van der Waals surface area contributed by atoms with Gasteiger partial charge in [0.1, 0.15) is 11.6 Å². The second-order valence-corrected chi connectivity index (χ2v) is 5.40. The number of halogens is 1. The first kappa shape index (κ1) is 18.2. The van der Waals surface area contributed by atoms with Crippen LogP contribution in [0.3, 0.4) is 0 Å². The SMILES string of the molecule is CC(=CC(=O)NCCNC(=O)c1ccccc1O)c1cccc(F)c1. The molecule has 0 unspecified atom stereocenters. The molecule has 0 bridgehead atoms. The lowest BCUT2D eigenvalue weighted by atomic mass is 10.1. The van der Waals surface area contributed by atoms with Gasteiger partial charge in [-0.3, -0.25) is 9.59 Å². The molecule has 0 radical (unpaired) electrons. The summed E-state index contributed by atoms with van der Waals surface area (Å²) in [6, 6.07) is 12.2. The number of phenolic OH excluding ortho intramolecular Hbond substituents is 1. The fourth-order valence-electron chi connectivity index (χ4n) is 2.19. The Morgan fingerprint density at radius 2 is 1.80 bits per heavy atom. The van der Waals surface area contributed by atoms with E-state index < -0.39 is 5.91 Å². The van der Waals surface area contributed by atoms with E-state index in [-0.39, 0.29) is 36.1 Å². The third kappa shape index (κ3) is 5.46. The molecule has 0 spiro atoms. The van der Waals surface area contributed by atoms with Crippen molar-refractivity contribution in [3.8, 4) is 5.75 Å². The van der Waals surface area contributed by atoms with Crippen LogP contribution in [0.1, 0.15) is 22.8 Å². The Labute approximate surface area is 145 Å². The molecule has 0 atom stereocenters. The largest absolute Gasteiger partial charge is 0.507 e. The van der Waals surface area contributed by atoms with Crippen LogP contribution in [0, 0.1) is 5.82 Å². The molecular formula is C19H19FN2O3. The van der Waals surface area contributed by atoms with Crippen LogP contribution in [0.4, 0.5) is 4.39 Å². The number of para-hydroxylation sites is 1. The van der Waals surface area contributed by atoms with Gasteiger partial charge in [-0.25, -0.2) is 4.39 Å². The average molecular weight is 342 g/mol. The molecular weight excluding hydrogens is 323 g/mol. The lowest BCUT2D eigenvalue weighted by Gasteiger charge is -2.07. The van der Waals surface area contributed by atoms with Gasteiger partial charge in [-0.2, -0.15) is 0 Å². The van der Waals surface area contributed by atoms with E-state index in [0.29, 0.717) is 11.1 Å². The van der Waals surface area contributed by atoms with E-state index in [4.69, 9.17) is 0 Å². The van der Waals surface area contributed by atoms with E-state index in [2.05, 4.69) is 10.6 Å². The Bertz CT molecular complexity index is 803. The van der Waals surface area contributed by atoms with Gasteiger partial charge in [-0.05, 0) is 42.3 Å². The normalized spacial score (nSPS) is 11.0. The molecule has 0 fully saturated rings. The van der Waals surface area contributed by atoms with Crippen LogP contribution >= 0.6 is 0 Å². The summed E-state index contributed by atoms with van der Waals surface area (Å²) in [4.78, 5) is 23.7. The van der Waals surface area contributed by atoms with Gasteiger partial charge in [-0.1, -0.05) is 24.3 Å². The topological polar surface area (TPSA) is 78.4 Å². The number of nitrogens with one attached hydrogen (secondary N) is 2. The summed E-state index contributed by atoms with van der Waals surface area (Å²) in [6.07, 6.45) is 1.37. The highest BCUT2D eigenvalue weighted by Gasteiger charge is 2.09. The predicted octanol–water partition coefficient (Wildman–Crippen LogP) is 2.48. The second kappa shape index (κ2) is 8.63. The van der Waals surface area contributed by atoms with Crippen LogP contribution in [-0.4, -0.2) is 30.0 Å². The number of carbonyl (C=O) groups is 2. The zero-order chi connectivity index (χ0) is 18.2. The van der Waals surface area contributed by atoms with E-state index in [1.54, 1.807) is 31.2 Å². The maximum Gasteiger partial charge on any atom is 0.255 e. The molecule has 0 aliphatic rings. The van der Waals surface area contributed by atoms with Crippen LogP contribution in [0.5, 0.6) is 5.75 Å². The van der Waals surface area contributed by atoms with E-state index in [9.17, 15) is 19.1 Å². The Balaban J connectivity index is 1.80. The van der Waals surface area contributed by atoms with Crippen molar-refractivity contribution in [2.75, 3.05) is 13.1 Å². The van der Waals surface area contributed by atoms with Crippen molar-refractivity contribution in [3.05, 3.63) is 71.6 Å². The Morgan fingerprint density at radius 1 is 1.08 bits per heavy atom. The number of amides is 2. The van der Waals surface area contributed by atoms with Crippen LogP contribution in [0.15, 0.2) is 54.6 Å². The first-order valence-electron chi connectivity index (χ1n) is 7.75. The van der Waals surface area contributed by atoms with Gasteiger partial charge in [0.15, 0.2) is 0 Å². The molecule has 25 heavy (non-hydrogen) atoms. The predicted molar refractivity (Wildman–Crippen MR) is 93.5 cm³/mol. The van der Waals surface area contributed by atoms with Crippen molar-refractivity contribution in [3.63, 3.8) is 0 Å². The summed E-state index contributed by atoms with van der Waals surface area (Å²) >= 11 is 0. The van der Waals surface area contributed by atoms with Gasteiger partial charge in [0, 0.05) is 19.2 Å². The van der Waals surface area contributed by atoms with Crippen LogP contribution in [0.25, 0.3) is 5.57 Å². The second-order valence-electron chi connectivity index (χ2n) is 5.40. The number of aromatic hydroxyl groups is 1. The fraction of sp³-hybridized carbons (Fsp3) is 0.158. The summed E-state index contributed by atoms with van der Waals surface area (Å²) in [5, 5.41) is 14.8. The van der Waals surface area contributed by atoms with Gasteiger partial charge in [0.2, 0.25) is 5.91 Å². The van der Waals surface area contributed by atoms with Crippen molar-refractivity contribution in [1.29, 1.82) is 0 Å². The van der Waals surface area contributed by atoms with Crippen molar-refractivity contribution < 1.29 is 19.1 Å². The summed E-state index contributed by atoms with van der Waals surface area (Å²) in [5.74, 6) is -1.22. The molecule has 2 amide bonds. The summed E-state index contributed by atoms with van der Waals surface area (Å²) in [5.41, 5.74) is 1.44. The molecule has 130 valence electrons. The Morgan fingerprint density at radius 3 is 2.52 bits per heavy atom. The lowest BCUT2D eigenvalue weighted by molar-refractivity contribution is -0.116. The third-order valence-electron chi connectivity index (χ3n) is 3.49. The van der Waals surface area contributed by atoms with E-state index in [0.717, 1.165) is 0 Å². The minimum absolute atomic E-state index is 0.0994. The zero-order valence-corrected chi connectivity index (χ0v) is 13.8. The van der Waals surface area contributed by atoms with E-state index in [1.165, 1.54) is 30.3 Å². The highest BCUT2D eigenvalue weighted by atomic mass is 19.1.